The number of hydrogen-bond donors (Lipinski definition) is 0. The van der Waals surface area contributed by atoms with Crippen LogP contribution in [-0.2, 0) is 22.9 Å². The molecule has 4 rings (SSSR count). The van der Waals surface area contributed by atoms with E-state index in [4.69, 9.17) is 0 Å². The molecule has 0 saturated carbocycles. The predicted molar refractivity (Wildman–Crippen MR) is 105 cm³/mol. The van der Waals surface area contributed by atoms with E-state index in [1.807, 2.05) is 0 Å². The maximum absolute atomic E-state index is 10.1. The van der Waals surface area contributed by atoms with Crippen LogP contribution in [0.1, 0.15) is 33.6 Å². The topological polar surface area (TPSA) is 80.3 Å². The van der Waals surface area contributed by atoms with Gasteiger partial charge in [-0.25, -0.2) is 0 Å². The van der Waals surface area contributed by atoms with E-state index in [1.165, 1.54) is 37.1 Å². The first-order valence-electron chi connectivity index (χ1n) is 9.07. The van der Waals surface area contributed by atoms with Crippen molar-refractivity contribution in [2.75, 3.05) is 0 Å². The minimum absolute atomic E-state index is 0.220. The summed E-state index contributed by atoms with van der Waals surface area (Å²) in [7, 11) is 0. The van der Waals surface area contributed by atoms with Crippen molar-refractivity contribution < 1.29 is 42.7 Å². The standard InChI is InChI=1S/2C7H6O2.2C5H5.Hf/c2*8-7(9)6-4-2-1-3-5-6;2*1-2-4-5-3-1;/h2*1-5H,(H,8,9);2*1-3H,4H2;/q;;;;+2/p-2. The van der Waals surface area contributed by atoms with Crippen molar-refractivity contribution in [3.8, 4) is 0 Å². The molecule has 29 heavy (non-hydrogen) atoms. The van der Waals surface area contributed by atoms with Gasteiger partial charge in [-0.3, -0.25) is 0 Å². The summed E-state index contributed by atoms with van der Waals surface area (Å²) in [6.45, 7) is 0. The summed E-state index contributed by atoms with van der Waals surface area (Å²) in [6.07, 6.45) is 16.1. The Kier molecular flexibility index (Phi) is 9.80. The van der Waals surface area contributed by atoms with Gasteiger partial charge in [-0.2, -0.15) is 0 Å². The van der Waals surface area contributed by atoms with E-state index >= 15 is 0 Å². The van der Waals surface area contributed by atoms with Crippen molar-refractivity contribution in [2.24, 2.45) is 0 Å². The number of aromatic carboxylic acids is 2. The summed E-state index contributed by atoms with van der Waals surface area (Å²) in [6, 6.07) is 16.1. The first-order valence-corrected chi connectivity index (χ1v) is 12.7. The van der Waals surface area contributed by atoms with Gasteiger partial charge in [0.1, 0.15) is 0 Å². The van der Waals surface area contributed by atoms with Crippen molar-refractivity contribution in [3.05, 3.63) is 115 Å². The van der Waals surface area contributed by atoms with Crippen LogP contribution >= 0.6 is 0 Å². The molecular weight excluding hydrogens is 531 g/mol. The third kappa shape index (κ3) is 8.83. The molecule has 0 saturated heterocycles. The van der Waals surface area contributed by atoms with E-state index in [-0.39, 0.29) is 11.1 Å². The molecule has 2 aromatic rings. The molecule has 0 aromatic heterocycles. The summed E-state index contributed by atoms with van der Waals surface area (Å²) >= 11 is -0.526. The first-order chi connectivity index (χ1) is 14.1. The molecule has 0 aliphatic heterocycles. The summed E-state index contributed by atoms with van der Waals surface area (Å²) < 4.78 is 3.50. The molecule has 0 atom stereocenters. The molecule has 0 spiro atoms. The fourth-order valence-corrected chi connectivity index (χ4v) is 6.79. The van der Waals surface area contributed by atoms with Crippen molar-refractivity contribution in [2.45, 2.75) is 12.8 Å². The smallest absolute Gasteiger partial charge is 0.0715 e. The second-order valence-electron chi connectivity index (χ2n) is 6.08. The molecule has 0 heterocycles. The Hall–Kier alpha value is -2.79. The second kappa shape index (κ2) is 12.6. The average Bonchev–Trinajstić information content (AvgIpc) is 3.45. The third-order valence-corrected chi connectivity index (χ3v) is 8.85. The predicted octanol–water partition coefficient (Wildman–Crippen LogP) is 2.86. The van der Waals surface area contributed by atoms with Crippen LogP contribution in [0.4, 0.5) is 0 Å². The quantitative estimate of drug-likeness (QED) is 0.549. The second-order valence-corrected chi connectivity index (χ2v) is 11.6. The third-order valence-electron chi connectivity index (χ3n) is 3.88. The van der Waals surface area contributed by atoms with Crippen LogP contribution in [0.15, 0.2) is 104 Å². The SMILES string of the molecule is C1=CC[C]([Hf+2][C]2=CC=CC2)=C1.O=C([O-])c1ccccc1.O=C([O-])c1ccccc1. The summed E-state index contributed by atoms with van der Waals surface area (Å²) in [4.78, 5) is 20.2. The van der Waals surface area contributed by atoms with Crippen LogP contribution < -0.4 is 10.2 Å². The minimum Gasteiger partial charge on any atom is -0.545 e. The first kappa shape index (κ1) is 22.5. The van der Waals surface area contributed by atoms with Gasteiger partial charge in [-0.15, -0.1) is 0 Å². The molecule has 0 fully saturated rings. The number of benzene rings is 2. The largest absolute Gasteiger partial charge is 0.545 e. The Balaban J connectivity index is 0.000000157. The number of carbonyl (C=O) groups excluding carboxylic acids is 2. The normalized spacial score (nSPS) is 13.1. The van der Waals surface area contributed by atoms with Crippen LogP contribution in [0, 0.1) is 0 Å². The van der Waals surface area contributed by atoms with Gasteiger partial charge in [-0.05, 0) is 11.1 Å². The molecule has 5 heteroatoms. The van der Waals surface area contributed by atoms with Crippen LogP contribution in [0.3, 0.4) is 0 Å². The number of allylic oxidation sites excluding steroid dienone is 8. The molecule has 144 valence electrons. The fourth-order valence-electron chi connectivity index (χ4n) is 2.43. The minimum atomic E-state index is -1.13. The van der Waals surface area contributed by atoms with Crippen molar-refractivity contribution in [1.82, 2.24) is 0 Å². The number of carboxylic acid groups (broad SMARTS) is 2. The zero-order chi connectivity index (χ0) is 20.9. The van der Waals surface area contributed by atoms with E-state index in [9.17, 15) is 19.8 Å². The number of rotatable bonds is 4. The van der Waals surface area contributed by atoms with Crippen molar-refractivity contribution in [1.29, 1.82) is 0 Å². The van der Waals surface area contributed by atoms with Gasteiger partial charge in [0.25, 0.3) is 0 Å². The zero-order valence-corrected chi connectivity index (χ0v) is 19.4. The molecule has 4 nitrogen and oxygen atoms in total. The maximum Gasteiger partial charge on any atom is 0.0715 e. The summed E-state index contributed by atoms with van der Waals surface area (Å²) in [5.74, 6) is -2.26. The summed E-state index contributed by atoms with van der Waals surface area (Å²) in [5.41, 5.74) is 0.440. The van der Waals surface area contributed by atoms with Gasteiger partial charge in [0, 0.05) is 0 Å². The van der Waals surface area contributed by atoms with E-state index in [1.54, 1.807) is 43.1 Å². The Labute approximate surface area is 182 Å². The van der Waals surface area contributed by atoms with Crippen molar-refractivity contribution in [3.63, 3.8) is 0 Å². The molecule has 2 aliphatic carbocycles. The Morgan fingerprint density at radius 1 is 0.655 bits per heavy atom. The molecule has 0 N–H and O–H groups in total. The molecule has 0 amide bonds. The van der Waals surface area contributed by atoms with Gasteiger partial charge in [0.2, 0.25) is 0 Å². The zero-order valence-electron chi connectivity index (χ0n) is 15.8. The summed E-state index contributed by atoms with van der Waals surface area (Å²) in [5, 5.41) is 20.2. The Morgan fingerprint density at radius 2 is 1.03 bits per heavy atom. The Morgan fingerprint density at radius 3 is 1.28 bits per heavy atom. The van der Waals surface area contributed by atoms with Gasteiger partial charge >= 0.3 is 78.9 Å². The van der Waals surface area contributed by atoms with Crippen LogP contribution in [0.5, 0.6) is 0 Å². The molecule has 2 aromatic carbocycles. The number of carboxylic acids is 2. The molecule has 0 unspecified atom stereocenters. The number of hydrogen-bond acceptors (Lipinski definition) is 4. The Bertz CT molecular complexity index is 848. The molecular formula is C24H20HfO4. The fraction of sp³-hybridized carbons (Fsp3) is 0.0833. The van der Waals surface area contributed by atoms with Gasteiger partial charge in [0.05, 0.1) is 11.9 Å². The van der Waals surface area contributed by atoms with E-state index in [0.717, 1.165) is 0 Å². The van der Waals surface area contributed by atoms with Crippen LogP contribution in [-0.4, -0.2) is 11.9 Å². The van der Waals surface area contributed by atoms with E-state index in [0.29, 0.717) is 0 Å². The van der Waals surface area contributed by atoms with Gasteiger partial charge in [0.15, 0.2) is 0 Å². The van der Waals surface area contributed by atoms with Gasteiger partial charge in [-0.1, -0.05) is 60.7 Å². The van der Waals surface area contributed by atoms with Crippen LogP contribution in [0.25, 0.3) is 0 Å². The molecule has 0 radical (unpaired) electrons. The monoisotopic (exact) mass is 552 g/mol. The van der Waals surface area contributed by atoms with E-state index in [2.05, 4.69) is 36.5 Å². The van der Waals surface area contributed by atoms with Crippen molar-refractivity contribution >= 4 is 11.9 Å². The van der Waals surface area contributed by atoms with Gasteiger partial charge < -0.3 is 19.8 Å². The molecule has 2 aliphatic rings. The average molecular weight is 551 g/mol. The number of carbonyl (C=O) groups is 2. The van der Waals surface area contributed by atoms with E-state index < -0.39 is 34.8 Å². The van der Waals surface area contributed by atoms with Crippen LogP contribution in [0.2, 0.25) is 0 Å². The maximum atomic E-state index is 10.1. The molecule has 0 bridgehead atoms.